The van der Waals surface area contributed by atoms with Gasteiger partial charge in [-0.25, -0.2) is 4.79 Å². The Labute approximate surface area is 142 Å². The minimum absolute atomic E-state index is 0.0566. The molecule has 0 amide bonds. The van der Waals surface area contributed by atoms with Gasteiger partial charge in [-0.3, -0.25) is 0 Å². The van der Waals surface area contributed by atoms with Gasteiger partial charge in [0, 0.05) is 11.5 Å². The molecule has 24 heavy (non-hydrogen) atoms. The first-order chi connectivity index (χ1) is 11.3. The molecule has 130 valence electrons. The predicted octanol–water partition coefficient (Wildman–Crippen LogP) is 3.11. The molecule has 1 spiro atoms. The van der Waals surface area contributed by atoms with Crippen molar-refractivity contribution in [2.24, 2.45) is 22.7 Å². The molecule has 0 radical (unpaired) electrons. The molecule has 1 saturated heterocycles. The van der Waals surface area contributed by atoms with Crippen molar-refractivity contribution in [3.8, 4) is 0 Å². The van der Waals surface area contributed by atoms with Gasteiger partial charge in [-0.2, -0.15) is 0 Å². The van der Waals surface area contributed by atoms with Crippen molar-refractivity contribution >= 4 is 5.97 Å². The highest BCUT2D eigenvalue weighted by atomic mass is 16.6. The molecule has 4 nitrogen and oxygen atoms in total. The lowest BCUT2D eigenvalue weighted by molar-refractivity contribution is -0.134. The summed E-state index contributed by atoms with van der Waals surface area (Å²) in [5.41, 5.74) is 1.62. The second kappa shape index (κ2) is 4.34. The molecular weight excluding hydrogens is 304 g/mol. The van der Waals surface area contributed by atoms with E-state index in [4.69, 9.17) is 9.47 Å². The fourth-order valence-electron chi connectivity index (χ4n) is 6.78. The molecule has 4 heteroatoms. The number of hydrogen-bond donors (Lipinski definition) is 1. The van der Waals surface area contributed by atoms with Crippen molar-refractivity contribution in [3.05, 3.63) is 23.0 Å². The quantitative estimate of drug-likeness (QED) is 0.593. The molecule has 0 aromatic rings. The zero-order chi connectivity index (χ0) is 16.9. The van der Waals surface area contributed by atoms with Crippen molar-refractivity contribution in [2.45, 2.75) is 64.6 Å². The van der Waals surface area contributed by atoms with Crippen molar-refractivity contribution < 1.29 is 19.4 Å². The van der Waals surface area contributed by atoms with Crippen LogP contribution in [0.2, 0.25) is 0 Å². The van der Waals surface area contributed by atoms with Gasteiger partial charge in [-0.05, 0) is 48.5 Å². The highest BCUT2D eigenvalue weighted by Gasteiger charge is 2.73. The molecular formula is C20H26O4. The topological polar surface area (TPSA) is 59.1 Å². The third kappa shape index (κ3) is 1.60. The summed E-state index contributed by atoms with van der Waals surface area (Å²) in [4.78, 5) is 12.1. The Bertz CT molecular complexity index is 702. The molecule has 0 unspecified atom stereocenters. The van der Waals surface area contributed by atoms with Gasteiger partial charge in [0.1, 0.15) is 17.5 Å². The van der Waals surface area contributed by atoms with E-state index >= 15 is 0 Å². The van der Waals surface area contributed by atoms with Gasteiger partial charge in [0.15, 0.2) is 0 Å². The van der Waals surface area contributed by atoms with Gasteiger partial charge in [0.05, 0.1) is 12.2 Å². The minimum Gasteiger partial charge on any atom is -0.423 e. The fourth-order valence-corrected chi connectivity index (χ4v) is 6.78. The largest absolute Gasteiger partial charge is 0.423 e. The van der Waals surface area contributed by atoms with Gasteiger partial charge in [-0.15, -0.1) is 0 Å². The summed E-state index contributed by atoms with van der Waals surface area (Å²) in [6.07, 6.45) is 8.12. The Kier molecular flexibility index (Phi) is 2.74. The van der Waals surface area contributed by atoms with E-state index in [2.05, 4.69) is 26.8 Å². The maximum absolute atomic E-state index is 12.1. The van der Waals surface area contributed by atoms with E-state index in [1.165, 1.54) is 25.7 Å². The van der Waals surface area contributed by atoms with E-state index < -0.39 is 5.97 Å². The smallest absolute Gasteiger partial charge is 0.342 e. The lowest BCUT2D eigenvalue weighted by Gasteiger charge is -2.59. The number of carbonyl (C=O) groups excluding carboxylic acids is 1. The Morgan fingerprint density at radius 3 is 2.79 bits per heavy atom. The lowest BCUT2D eigenvalue weighted by atomic mass is 9.45. The van der Waals surface area contributed by atoms with Gasteiger partial charge in [0.2, 0.25) is 0 Å². The van der Waals surface area contributed by atoms with E-state index in [1.54, 1.807) is 0 Å². The summed E-state index contributed by atoms with van der Waals surface area (Å²) in [5, 5.41) is 9.57. The van der Waals surface area contributed by atoms with E-state index in [1.807, 2.05) is 0 Å². The SMILES string of the molecule is CC1(C)CCC[C@]2(C)[C@@H]1CC[C@@]13O[C@@H]1C1=C(CO)C(=O)OC1=C[C@@H]23. The number of epoxide rings is 1. The second-order valence-corrected chi connectivity index (χ2v) is 9.34. The van der Waals surface area contributed by atoms with Crippen molar-refractivity contribution in [3.63, 3.8) is 0 Å². The number of ether oxygens (including phenoxy) is 2. The van der Waals surface area contributed by atoms with Crippen LogP contribution < -0.4 is 0 Å². The Balaban J connectivity index is 1.63. The Morgan fingerprint density at radius 2 is 2.04 bits per heavy atom. The molecule has 0 aromatic heterocycles. The average Bonchev–Trinajstić information content (AvgIpc) is 3.13. The lowest BCUT2D eigenvalue weighted by Crippen LogP contribution is -2.55. The maximum atomic E-state index is 12.1. The van der Waals surface area contributed by atoms with Crippen LogP contribution in [0.5, 0.6) is 0 Å². The molecule has 2 saturated carbocycles. The summed E-state index contributed by atoms with van der Waals surface area (Å²) < 4.78 is 11.8. The van der Waals surface area contributed by atoms with Crippen LogP contribution in [0.4, 0.5) is 0 Å². The molecule has 5 aliphatic rings. The molecule has 0 bridgehead atoms. The highest BCUT2D eigenvalue weighted by molar-refractivity contribution is 5.95. The summed E-state index contributed by atoms with van der Waals surface area (Å²) in [5.74, 6) is 1.25. The standard InChI is InChI=1S/C20H26O4/c1-18(2)6-4-7-19(3)13(18)5-8-20-14(19)9-12-15(16(20)24-20)11(10-21)17(22)23-12/h9,13-14,16,21H,4-8,10H2,1-3H3/t13-,14+,16-,19-,20+/m1/s1. The summed E-state index contributed by atoms with van der Waals surface area (Å²) in [6.45, 7) is 7.00. The minimum atomic E-state index is -0.395. The monoisotopic (exact) mass is 330 g/mol. The number of aliphatic hydroxyl groups excluding tert-OH is 1. The number of esters is 1. The van der Waals surface area contributed by atoms with Crippen LogP contribution in [-0.4, -0.2) is 29.4 Å². The third-order valence-electron chi connectivity index (χ3n) is 7.84. The van der Waals surface area contributed by atoms with Crippen LogP contribution in [-0.2, 0) is 14.3 Å². The van der Waals surface area contributed by atoms with E-state index in [0.29, 0.717) is 28.6 Å². The van der Waals surface area contributed by atoms with Crippen molar-refractivity contribution in [2.75, 3.05) is 6.61 Å². The molecule has 1 N–H and O–H groups in total. The zero-order valence-electron chi connectivity index (χ0n) is 14.7. The number of hydrogen-bond acceptors (Lipinski definition) is 4. The van der Waals surface area contributed by atoms with Crippen LogP contribution in [0.25, 0.3) is 0 Å². The predicted molar refractivity (Wildman–Crippen MR) is 87.8 cm³/mol. The molecule has 2 aliphatic heterocycles. The summed E-state index contributed by atoms with van der Waals surface area (Å²) in [6, 6.07) is 0. The number of carbonyl (C=O) groups is 1. The Morgan fingerprint density at radius 1 is 1.25 bits per heavy atom. The number of rotatable bonds is 1. The first-order valence-corrected chi connectivity index (χ1v) is 9.29. The van der Waals surface area contributed by atoms with Crippen LogP contribution in [0.1, 0.15) is 52.9 Å². The average molecular weight is 330 g/mol. The number of fused-ring (bicyclic) bond motifs is 4. The second-order valence-electron chi connectivity index (χ2n) is 9.34. The van der Waals surface area contributed by atoms with Gasteiger partial charge in [-0.1, -0.05) is 27.2 Å². The summed E-state index contributed by atoms with van der Waals surface area (Å²) in [7, 11) is 0. The maximum Gasteiger partial charge on any atom is 0.342 e. The van der Waals surface area contributed by atoms with Gasteiger partial charge < -0.3 is 14.6 Å². The molecule has 3 aliphatic carbocycles. The Hall–Kier alpha value is -1.13. The van der Waals surface area contributed by atoms with Crippen molar-refractivity contribution in [1.29, 1.82) is 0 Å². The molecule has 2 heterocycles. The van der Waals surface area contributed by atoms with Crippen LogP contribution in [0.3, 0.4) is 0 Å². The van der Waals surface area contributed by atoms with Crippen LogP contribution >= 0.6 is 0 Å². The van der Waals surface area contributed by atoms with Gasteiger partial charge >= 0.3 is 5.97 Å². The molecule has 5 atom stereocenters. The summed E-state index contributed by atoms with van der Waals surface area (Å²) >= 11 is 0. The number of aliphatic hydroxyl groups is 1. The first-order valence-electron chi connectivity index (χ1n) is 9.29. The molecule has 3 fully saturated rings. The highest BCUT2D eigenvalue weighted by Crippen LogP contribution is 2.71. The third-order valence-corrected chi connectivity index (χ3v) is 7.84. The van der Waals surface area contributed by atoms with Crippen LogP contribution in [0, 0.1) is 22.7 Å². The van der Waals surface area contributed by atoms with E-state index in [-0.39, 0.29) is 23.7 Å². The van der Waals surface area contributed by atoms with Gasteiger partial charge in [0.25, 0.3) is 0 Å². The van der Waals surface area contributed by atoms with E-state index in [9.17, 15) is 9.90 Å². The fraction of sp³-hybridized carbons (Fsp3) is 0.750. The van der Waals surface area contributed by atoms with Crippen molar-refractivity contribution in [1.82, 2.24) is 0 Å². The first kappa shape index (κ1) is 15.2. The zero-order valence-corrected chi connectivity index (χ0v) is 14.7. The molecule has 0 aromatic carbocycles. The van der Waals surface area contributed by atoms with Crippen LogP contribution in [0.15, 0.2) is 23.0 Å². The normalized spacial score (nSPS) is 47.9. The molecule has 5 rings (SSSR count). The van der Waals surface area contributed by atoms with E-state index in [0.717, 1.165) is 12.0 Å².